The first-order valence-corrected chi connectivity index (χ1v) is 10.4. The molecule has 1 aliphatic rings. The summed E-state index contributed by atoms with van der Waals surface area (Å²) >= 11 is 1.32. The summed E-state index contributed by atoms with van der Waals surface area (Å²) in [5.41, 5.74) is 2.47. The lowest BCUT2D eigenvalue weighted by molar-refractivity contribution is 0.0955. The normalized spacial score (nSPS) is 12.5. The first-order chi connectivity index (χ1) is 14.8. The number of fused-ring (bicyclic) bond motifs is 1. The number of furan rings is 1. The van der Waals surface area contributed by atoms with Crippen LogP contribution in [0.1, 0.15) is 15.2 Å². The molecule has 0 aliphatic carbocycles. The monoisotopic (exact) mass is 418 g/mol. The number of nitrogens with one attached hydrogen (secondary N) is 1. The number of benzene rings is 2. The first kappa shape index (κ1) is 18.4. The molecule has 7 heteroatoms. The average Bonchev–Trinajstić information content (AvgIpc) is 3.48. The van der Waals surface area contributed by atoms with Gasteiger partial charge in [-0.2, -0.15) is 0 Å². The Kier molecular flexibility index (Phi) is 4.94. The minimum Gasteiger partial charge on any atom is -0.486 e. The van der Waals surface area contributed by atoms with Gasteiger partial charge in [0.2, 0.25) is 0 Å². The Morgan fingerprint density at radius 1 is 1.00 bits per heavy atom. The van der Waals surface area contributed by atoms with Crippen LogP contribution in [0.25, 0.3) is 22.0 Å². The molecule has 0 radical (unpaired) electrons. The van der Waals surface area contributed by atoms with Crippen molar-refractivity contribution in [2.24, 2.45) is 0 Å². The van der Waals surface area contributed by atoms with Gasteiger partial charge in [-0.25, -0.2) is 4.98 Å². The highest BCUT2D eigenvalue weighted by Crippen LogP contribution is 2.34. The Morgan fingerprint density at radius 2 is 1.83 bits per heavy atom. The van der Waals surface area contributed by atoms with Crippen LogP contribution >= 0.6 is 11.3 Å². The standard InChI is InChI=1S/C23H18N2O4S/c26-22(24-14-15-8-9-17-19(13-15)29-12-11-28-17)21-20(16-5-2-1-3-6-16)25-23(30-21)18-7-4-10-27-18/h1-10,13H,11-12,14H2,(H,24,26). The van der Waals surface area contributed by atoms with Crippen LogP contribution in [0, 0.1) is 0 Å². The zero-order valence-electron chi connectivity index (χ0n) is 16.0. The van der Waals surface area contributed by atoms with Crippen molar-refractivity contribution < 1.29 is 18.7 Å². The second-order valence-electron chi connectivity index (χ2n) is 6.70. The number of hydrogen-bond donors (Lipinski definition) is 1. The van der Waals surface area contributed by atoms with Crippen LogP contribution in [0.2, 0.25) is 0 Å². The lowest BCUT2D eigenvalue weighted by atomic mass is 10.1. The number of nitrogens with zero attached hydrogens (tertiary/aromatic N) is 1. The van der Waals surface area contributed by atoms with Crippen LogP contribution in [0.3, 0.4) is 0 Å². The fraction of sp³-hybridized carbons (Fsp3) is 0.130. The molecule has 1 N–H and O–H groups in total. The van der Waals surface area contributed by atoms with E-state index in [1.165, 1.54) is 11.3 Å². The second-order valence-corrected chi connectivity index (χ2v) is 7.70. The van der Waals surface area contributed by atoms with Gasteiger partial charge in [0, 0.05) is 12.1 Å². The lowest BCUT2D eigenvalue weighted by Crippen LogP contribution is -2.23. The molecule has 6 nitrogen and oxygen atoms in total. The summed E-state index contributed by atoms with van der Waals surface area (Å²) < 4.78 is 16.6. The molecule has 0 saturated heterocycles. The molecular weight excluding hydrogens is 400 g/mol. The highest BCUT2D eigenvalue weighted by Gasteiger charge is 2.21. The zero-order chi connectivity index (χ0) is 20.3. The van der Waals surface area contributed by atoms with Crippen LogP contribution in [-0.2, 0) is 6.54 Å². The number of aromatic nitrogens is 1. The Hall–Kier alpha value is -3.58. The van der Waals surface area contributed by atoms with Crippen LogP contribution in [0.15, 0.2) is 71.3 Å². The topological polar surface area (TPSA) is 73.6 Å². The van der Waals surface area contributed by atoms with Crippen molar-refractivity contribution in [1.82, 2.24) is 10.3 Å². The van der Waals surface area contributed by atoms with Crippen LogP contribution in [-0.4, -0.2) is 24.1 Å². The molecule has 30 heavy (non-hydrogen) atoms. The summed E-state index contributed by atoms with van der Waals surface area (Å²) in [4.78, 5) is 18.3. The van der Waals surface area contributed by atoms with Crippen LogP contribution in [0.5, 0.6) is 11.5 Å². The molecule has 150 valence electrons. The maximum Gasteiger partial charge on any atom is 0.263 e. The minimum atomic E-state index is -0.181. The number of hydrogen-bond acceptors (Lipinski definition) is 6. The fourth-order valence-electron chi connectivity index (χ4n) is 3.23. The summed E-state index contributed by atoms with van der Waals surface area (Å²) in [6.07, 6.45) is 1.60. The van der Waals surface area contributed by atoms with E-state index in [0.29, 0.717) is 46.8 Å². The van der Waals surface area contributed by atoms with Gasteiger partial charge in [0.05, 0.1) is 12.0 Å². The van der Waals surface area contributed by atoms with Crippen LogP contribution in [0.4, 0.5) is 0 Å². The molecule has 0 bridgehead atoms. The molecule has 0 fully saturated rings. The number of amides is 1. The lowest BCUT2D eigenvalue weighted by Gasteiger charge is -2.18. The molecule has 5 rings (SSSR count). The molecule has 0 saturated carbocycles. The Morgan fingerprint density at radius 3 is 2.63 bits per heavy atom. The molecule has 0 atom stereocenters. The molecule has 4 aromatic rings. The zero-order valence-corrected chi connectivity index (χ0v) is 16.8. The predicted octanol–water partition coefficient (Wildman–Crippen LogP) is 4.77. The van der Waals surface area contributed by atoms with E-state index in [4.69, 9.17) is 13.9 Å². The predicted molar refractivity (Wildman–Crippen MR) is 114 cm³/mol. The summed E-state index contributed by atoms with van der Waals surface area (Å²) in [6, 6.07) is 19.0. The third-order valence-electron chi connectivity index (χ3n) is 4.67. The number of rotatable bonds is 5. The van der Waals surface area contributed by atoms with E-state index in [1.807, 2.05) is 54.6 Å². The van der Waals surface area contributed by atoms with Gasteiger partial charge in [0.25, 0.3) is 5.91 Å². The van der Waals surface area contributed by atoms with Gasteiger partial charge in [-0.1, -0.05) is 36.4 Å². The van der Waals surface area contributed by atoms with E-state index in [1.54, 1.807) is 12.3 Å². The maximum absolute atomic E-state index is 13.1. The van der Waals surface area contributed by atoms with Crippen molar-refractivity contribution in [2.45, 2.75) is 6.54 Å². The quantitative estimate of drug-likeness (QED) is 0.505. The summed E-state index contributed by atoms with van der Waals surface area (Å²) in [5, 5.41) is 3.67. The van der Waals surface area contributed by atoms with Crippen molar-refractivity contribution in [1.29, 1.82) is 0 Å². The largest absolute Gasteiger partial charge is 0.486 e. The van der Waals surface area contributed by atoms with Gasteiger partial charge in [0.1, 0.15) is 18.1 Å². The van der Waals surface area contributed by atoms with E-state index in [9.17, 15) is 4.79 Å². The molecule has 0 unspecified atom stereocenters. The van der Waals surface area contributed by atoms with E-state index in [2.05, 4.69) is 10.3 Å². The molecule has 0 spiro atoms. The summed E-state index contributed by atoms with van der Waals surface area (Å²) in [6.45, 7) is 1.45. The number of ether oxygens (including phenoxy) is 2. The number of carbonyl (C=O) groups excluding carboxylic acids is 1. The van der Waals surface area contributed by atoms with Crippen molar-refractivity contribution in [3.63, 3.8) is 0 Å². The SMILES string of the molecule is O=C(NCc1ccc2c(c1)OCCO2)c1sc(-c2ccco2)nc1-c1ccccc1. The van der Waals surface area contributed by atoms with E-state index in [0.717, 1.165) is 16.9 Å². The maximum atomic E-state index is 13.1. The fourth-order valence-corrected chi connectivity index (χ4v) is 4.20. The van der Waals surface area contributed by atoms with Gasteiger partial charge in [-0.15, -0.1) is 11.3 Å². The second kappa shape index (κ2) is 8.04. The number of carbonyl (C=O) groups is 1. The third-order valence-corrected chi connectivity index (χ3v) is 5.74. The van der Waals surface area contributed by atoms with Crippen molar-refractivity contribution in [3.8, 4) is 33.5 Å². The van der Waals surface area contributed by atoms with Crippen molar-refractivity contribution >= 4 is 17.2 Å². The average molecular weight is 418 g/mol. The summed E-state index contributed by atoms with van der Waals surface area (Å²) in [7, 11) is 0. The molecule has 3 heterocycles. The van der Waals surface area contributed by atoms with Gasteiger partial charge in [-0.3, -0.25) is 4.79 Å². The van der Waals surface area contributed by atoms with E-state index >= 15 is 0 Å². The van der Waals surface area contributed by atoms with Gasteiger partial charge < -0.3 is 19.2 Å². The Bertz CT molecular complexity index is 1170. The van der Waals surface area contributed by atoms with Crippen LogP contribution < -0.4 is 14.8 Å². The molecule has 1 aliphatic heterocycles. The molecule has 2 aromatic heterocycles. The van der Waals surface area contributed by atoms with E-state index in [-0.39, 0.29) is 5.91 Å². The first-order valence-electron chi connectivity index (χ1n) is 9.55. The highest BCUT2D eigenvalue weighted by atomic mass is 32.1. The minimum absolute atomic E-state index is 0.181. The Labute approximate surface area is 177 Å². The van der Waals surface area contributed by atoms with Gasteiger partial charge in [0.15, 0.2) is 22.3 Å². The van der Waals surface area contributed by atoms with Gasteiger partial charge >= 0.3 is 0 Å². The van der Waals surface area contributed by atoms with Crippen molar-refractivity contribution in [3.05, 3.63) is 77.4 Å². The van der Waals surface area contributed by atoms with Crippen molar-refractivity contribution in [2.75, 3.05) is 13.2 Å². The van der Waals surface area contributed by atoms with Gasteiger partial charge in [-0.05, 0) is 29.8 Å². The number of thiazole rings is 1. The third kappa shape index (κ3) is 3.67. The highest BCUT2D eigenvalue weighted by molar-refractivity contribution is 7.17. The Balaban J connectivity index is 1.40. The smallest absolute Gasteiger partial charge is 0.263 e. The summed E-state index contributed by atoms with van der Waals surface area (Å²) in [5.74, 6) is 1.89. The molecule has 2 aromatic carbocycles. The van der Waals surface area contributed by atoms with E-state index < -0.39 is 0 Å². The molecular formula is C23H18N2O4S. The molecule has 1 amide bonds.